The van der Waals surface area contributed by atoms with Crippen molar-refractivity contribution >= 4 is 5.91 Å². The van der Waals surface area contributed by atoms with Gasteiger partial charge in [-0.15, -0.1) is 0 Å². The normalized spacial score (nSPS) is 16.4. The van der Waals surface area contributed by atoms with Crippen LogP contribution in [0.2, 0.25) is 0 Å². The largest absolute Gasteiger partial charge is 0.490 e. The molecule has 6 nitrogen and oxygen atoms in total. The molecule has 6 heteroatoms. The lowest BCUT2D eigenvalue weighted by Gasteiger charge is -2.37. The second-order valence-electron chi connectivity index (χ2n) is 6.13. The Morgan fingerprint density at radius 1 is 1.21 bits per heavy atom. The Morgan fingerprint density at radius 2 is 1.88 bits per heavy atom. The summed E-state index contributed by atoms with van der Waals surface area (Å²) in [5, 5.41) is 6.33. The number of ether oxygens (including phenoxy) is 3. The number of carbonyl (C=O) groups is 1. The molecule has 0 unspecified atom stereocenters. The minimum absolute atomic E-state index is 0.0128. The van der Waals surface area contributed by atoms with Crippen LogP contribution in [0.5, 0.6) is 11.5 Å². The molecular formula is C18H28N2O4. The summed E-state index contributed by atoms with van der Waals surface area (Å²) in [7, 11) is 1.71. The Kier molecular flexibility index (Phi) is 7.34. The van der Waals surface area contributed by atoms with Gasteiger partial charge in [-0.05, 0) is 45.0 Å². The molecule has 1 aliphatic heterocycles. The maximum atomic E-state index is 12.1. The zero-order valence-corrected chi connectivity index (χ0v) is 14.6. The molecule has 1 saturated heterocycles. The Bertz CT molecular complexity index is 510. The molecule has 0 aromatic heterocycles. The predicted molar refractivity (Wildman–Crippen MR) is 92.5 cm³/mol. The number of hydrogen-bond acceptors (Lipinski definition) is 5. The molecule has 2 N–H and O–H groups in total. The number of piperidine rings is 1. The van der Waals surface area contributed by atoms with Crippen molar-refractivity contribution in [2.24, 2.45) is 5.41 Å². The van der Waals surface area contributed by atoms with Crippen LogP contribution < -0.4 is 20.1 Å². The quantitative estimate of drug-likeness (QED) is 0.717. The topological polar surface area (TPSA) is 68.8 Å². The van der Waals surface area contributed by atoms with Gasteiger partial charge in [-0.2, -0.15) is 0 Å². The monoisotopic (exact) mass is 336 g/mol. The standard InChI is InChI=1S/C18H28N2O4/c1-3-23-15-6-4-5-7-16(15)24-12-17(21)20-13-18(14-22-2)8-10-19-11-9-18/h4-7,19H,3,8-14H2,1-2H3,(H,20,21). The highest BCUT2D eigenvalue weighted by atomic mass is 16.5. The van der Waals surface area contributed by atoms with E-state index in [0.29, 0.717) is 31.3 Å². The highest BCUT2D eigenvalue weighted by molar-refractivity contribution is 5.77. The lowest BCUT2D eigenvalue weighted by molar-refractivity contribution is -0.124. The summed E-state index contributed by atoms with van der Waals surface area (Å²) < 4.78 is 16.5. The molecule has 134 valence electrons. The van der Waals surface area contributed by atoms with Gasteiger partial charge in [0.2, 0.25) is 0 Å². The first kappa shape index (κ1) is 18.5. The van der Waals surface area contributed by atoms with Crippen molar-refractivity contribution in [3.8, 4) is 11.5 Å². The smallest absolute Gasteiger partial charge is 0.257 e. The molecule has 1 aromatic rings. The number of benzene rings is 1. The number of nitrogens with one attached hydrogen (secondary N) is 2. The van der Waals surface area contributed by atoms with Crippen molar-refractivity contribution in [2.75, 3.05) is 46.6 Å². The van der Waals surface area contributed by atoms with Crippen LogP contribution in [0.1, 0.15) is 19.8 Å². The number of carbonyl (C=O) groups excluding carboxylic acids is 1. The van der Waals surface area contributed by atoms with Crippen LogP contribution in [-0.2, 0) is 9.53 Å². The molecule has 0 bridgehead atoms. The van der Waals surface area contributed by atoms with E-state index >= 15 is 0 Å². The Hall–Kier alpha value is -1.79. The van der Waals surface area contributed by atoms with E-state index < -0.39 is 0 Å². The van der Waals surface area contributed by atoms with Crippen molar-refractivity contribution in [3.63, 3.8) is 0 Å². The highest BCUT2D eigenvalue weighted by Gasteiger charge is 2.32. The van der Waals surface area contributed by atoms with Gasteiger partial charge in [0.1, 0.15) is 0 Å². The molecule has 0 aliphatic carbocycles. The Labute approximate surface area is 143 Å². The van der Waals surface area contributed by atoms with Crippen LogP contribution >= 0.6 is 0 Å². The average Bonchev–Trinajstić information content (AvgIpc) is 2.61. The van der Waals surface area contributed by atoms with E-state index in [1.165, 1.54) is 0 Å². The van der Waals surface area contributed by atoms with Crippen LogP contribution in [0.4, 0.5) is 0 Å². The fourth-order valence-electron chi connectivity index (χ4n) is 2.96. The number of para-hydroxylation sites is 2. The molecule has 1 aliphatic rings. The van der Waals surface area contributed by atoms with E-state index in [9.17, 15) is 4.79 Å². The summed E-state index contributed by atoms with van der Waals surface area (Å²) in [6.07, 6.45) is 1.99. The van der Waals surface area contributed by atoms with Crippen LogP contribution in [0.3, 0.4) is 0 Å². The van der Waals surface area contributed by atoms with Gasteiger partial charge in [0.15, 0.2) is 18.1 Å². The summed E-state index contributed by atoms with van der Waals surface area (Å²) in [4.78, 5) is 12.1. The first-order valence-corrected chi connectivity index (χ1v) is 8.50. The Morgan fingerprint density at radius 3 is 2.50 bits per heavy atom. The van der Waals surface area contributed by atoms with Crippen LogP contribution in [0.25, 0.3) is 0 Å². The minimum atomic E-state index is -0.129. The lowest BCUT2D eigenvalue weighted by atomic mass is 9.79. The number of amides is 1. The fourth-order valence-corrected chi connectivity index (χ4v) is 2.96. The second-order valence-corrected chi connectivity index (χ2v) is 6.13. The number of methoxy groups -OCH3 is 1. The first-order valence-electron chi connectivity index (χ1n) is 8.50. The summed E-state index contributed by atoms with van der Waals surface area (Å²) >= 11 is 0. The van der Waals surface area contributed by atoms with E-state index in [-0.39, 0.29) is 17.9 Å². The SMILES string of the molecule is CCOc1ccccc1OCC(=O)NCC1(COC)CCNCC1. The molecule has 0 saturated carbocycles. The molecule has 0 atom stereocenters. The lowest BCUT2D eigenvalue weighted by Crippen LogP contribution is -2.47. The van der Waals surface area contributed by atoms with E-state index in [2.05, 4.69) is 10.6 Å². The maximum Gasteiger partial charge on any atom is 0.257 e. The average molecular weight is 336 g/mol. The van der Waals surface area contributed by atoms with E-state index in [1.807, 2.05) is 25.1 Å². The van der Waals surface area contributed by atoms with E-state index in [0.717, 1.165) is 25.9 Å². The van der Waals surface area contributed by atoms with Crippen molar-refractivity contribution in [1.29, 1.82) is 0 Å². The Balaban J connectivity index is 1.82. The second kappa shape index (κ2) is 9.49. The predicted octanol–water partition coefficient (Wildman–Crippen LogP) is 1.60. The van der Waals surface area contributed by atoms with Crippen LogP contribution in [0.15, 0.2) is 24.3 Å². The van der Waals surface area contributed by atoms with Crippen LogP contribution in [-0.4, -0.2) is 52.5 Å². The summed E-state index contributed by atoms with van der Waals surface area (Å²) in [5.74, 6) is 1.11. The van der Waals surface area contributed by atoms with Crippen molar-refractivity contribution in [3.05, 3.63) is 24.3 Å². The molecule has 1 amide bonds. The summed E-state index contributed by atoms with van der Waals surface area (Å²) in [6, 6.07) is 7.37. The van der Waals surface area contributed by atoms with Crippen molar-refractivity contribution < 1.29 is 19.0 Å². The fraction of sp³-hybridized carbons (Fsp3) is 0.611. The molecule has 2 rings (SSSR count). The van der Waals surface area contributed by atoms with Gasteiger partial charge in [-0.3, -0.25) is 4.79 Å². The van der Waals surface area contributed by atoms with E-state index in [1.54, 1.807) is 13.2 Å². The zero-order chi connectivity index (χ0) is 17.3. The molecule has 0 spiro atoms. The highest BCUT2D eigenvalue weighted by Crippen LogP contribution is 2.28. The number of rotatable bonds is 9. The van der Waals surface area contributed by atoms with Crippen molar-refractivity contribution in [2.45, 2.75) is 19.8 Å². The summed E-state index contributed by atoms with van der Waals surface area (Å²) in [6.45, 7) is 5.62. The van der Waals surface area contributed by atoms with Gasteiger partial charge in [0.05, 0.1) is 13.2 Å². The molecule has 1 fully saturated rings. The van der Waals surface area contributed by atoms with E-state index in [4.69, 9.17) is 14.2 Å². The van der Waals surface area contributed by atoms with Gasteiger partial charge in [0, 0.05) is 19.1 Å². The van der Waals surface area contributed by atoms with Gasteiger partial charge >= 0.3 is 0 Å². The first-order chi connectivity index (χ1) is 11.7. The third kappa shape index (κ3) is 5.39. The van der Waals surface area contributed by atoms with Gasteiger partial charge in [0.25, 0.3) is 5.91 Å². The third-order valence-corrected chi connectivity index (χ3v) is 4.28. The number of hydrogen-bond donors (Lipinski definition) is 2. The minimum Gasteiger partial charge on any atom is -0.490 e. The third-order valence-electron chi connectivity index (χ3n) is 4.28. The summed E-state index contributed by atoms with van der Waals surface area (Å²) in [5.41, 5.74) is 0.0128. The van der Waals surface area contributed by atoms with Gasteiger partial charge in [-0.1, -0.05) is 12.1 Å². The molecular weight excluding hydrogens is 308 g/mol. The van der Waals surface area contributed by atoms with Gasteiger partial charge < -0.3 is 24.8 Å². The molecule has 1 aromatic carbocycles. The maximum absolute atomic E-state index is 12.1. The van der Waals surface area contributed by atoms with Crippen LogP contribution in [0, 0.1) is 5.41 Å². The zero-order valence-electron chi connectivity index (χ0n) is 14.6. The van der Waals surface area contributed by atoms with Gasteiger partial charge in [-0.25, -0.2) is 0 Å². The molecule has 0 radical (unpaired) electrons. The molecule has 24 heavy (non-hydrogen) atoms. The molecule has 1 heterocycles. The van der Waals surface area contributed by atoms with Crippen molar-refractivity contribution in [1.82, 2.24) is 10.6 Å².